The number of fused-ring (bicyclic) bond motifs is 1. The van der Waals surface area contributed by atoms with Crippen molar-refractivity contribution in [1.29, 1.82) is 0 Å². The number of hydrogen-bond donors (Lipinski definition) is 2. The molecule has 0 fully saturated rings. The molecule has 3 aromatic rings. The van der Waals surface area contributed by atoms with Crippen LogP contribution in [-0.2, 0) is 19.7 Å². The highest BCUT2D eigenvalue weighted by Gasteiger charge is 2.05. The lowest BCUT2D eigenvalue weighted by Gasteiger charge is -2.07. The zero-order valence-electron chi connectivity index (χ0n) is 11.3. The number of aliphatic hydroxyl groups excluding tert-OH is 1. The van der Waals surface area contributed by atoms with Crippen molar-refractivity contribution in [3.05, 3.63) is 71.4 Å². The lowest BCUT2D eigenvalue weighted by Crippen LogP contribution is -2.00. The van der Waals surface area contributed by atoms with Crippen molar-refractivity contribution < 1.29 is 5.11 Å². The minimum Gasteiger partial charge on any atom is -0.392 e. The van der Waals surface area contributed by atoms with E-state index in [1.807, 2.05) is 12.1 Å². The Kier molecular flexibility index (Phi) is 3.54. The van der Waals surface area contributed by atoms with Crippen LogP contribution in [0.5, 0.6) is 0 Å². The highest BCUT2D eigenvalue weighted by atomic mass is 16.3. The Hall–Kier alpha value is -2.10. The molecule has 20 heavy (non-hydrogen) atoms. The number of benzene rings is 2. The van der Waals surface area contributed by atoms with E-state index in [2.05, 4.69) is 47.2 Å². The maximum atomic E-state index is 9.07. The van der Waals surface area contributed by atoms with Gasteiger partial charge in [0.05, 0.1) is 6.61 Å². The van der Waals surface area contributed by atoms with E-state index >= 15 is 0 Å². The first-order valence-corrected chi connectivity index (χ1v) is 6.77. The van der Waals surface area contributed by atoms with E-state index in [9.17, 15) is 0 Å². The van der Waals surface area contributed by atoms with E-state index in [1.54, 1.807) is 0 Å². The van der Waals surface area contributed by atoms with Crippen LogP contribution in [0.3, 0.4) is 0 Å². The van der Waals surface area contributed by atoms with Gasteiger partial charge in [0, 0.05) is 30.2 Å². The van der Waals surface area contributed by atoms with Crippen molar-refractivity contribution in [2.45, 2.75) is 19.7 Å². The van der Waals surface area contributed by atoms with Crippen LogP contribution in [0.25, 0.3) is 10.9 Å². The van der Waals surface area contributed by atoms with Gasteiger partial charge in [-0.1, -0.05) is 36.4 Å². The van der Waals surface area contributed by atoms with Gasteiger partial charge in [-0.25, -0.2) is 0 Å². The SMILES string of the molecule is NCc1cccc2c1ccn2Cc1ccc(CO)cc1. The Bertz CT molecular complexity index is 713. The van der Waals surface area contributed by atoms with E-state index in [1.165, 1.54) is 22.0 Å². The molecular formula is C17H18N2O. The Morgan fingerprint density at radius 3 is 2.40 bits per heavy atom. The molecule has 3 rings (SSSR count). The molecule has 0 radical (unpaired) electrons. The molecule has 2 aromatic carbocycles. The smallest absolute Gasteiger partial charge is 0.0681 e. The summed E-state index contributed by atoms with van der Waals surface area (Å²) in [6, 6.07) is 16.4. The van der Waals surface area contributed by atoms with Crippen LogP contribution in [0.4, 0.5) is 0 Å². The third-order valence-corrected chi connectivity index (χ3v) is 3.68. The van der Waals surface area contributed by atoms with Crippen LogP contribution in [0.2, 0.25) is 0 Å². The second-order valence-electron chi connectivity index (χ2n) is 4.97. The van der Waals surface area contributed by atoms with E-state index in [0.29, 0.717) is 6.54 Å². The van der Waals surface area contributed by atoms with Gasteiger partial charge >= 0.3 is 0 Å². The topological polar surface area (TPSA) is 51.2 Å². The van der Waals surface area contributed by atoms with Gasteiger partial charge in [-0.05, 0) is 28.8 Å². The average molecular weight is 266 g/mol. The molecule has 0 atom stereocenters. The van der Waals surface area contributed by atoms with Crippen molar-refractivity contribution in [2.24, 2.45) is 5.73 Å². The first kappa shape index (κ1) is 12.9. The summed E-state index contributed by atoms with van der Waals surface area (Å²) in [5.41, 5.74) is 10.3. The van der Waals surface area contributed by atoms with Crippen LogP contribution < -0.4 is 5.73 Å². The second kappa shape index (κ2) is 5.49. The standard InChI is InChI=1S/C17H18N2O/c18-10-15-2-1-3-17-16(15)8-9-19(17)11-13-4-6-14(12-20)7-5-13/h1-9,20H,10-12,18H2. The van der Waals surface area contributed by atoms with E-state index in [-0.39, 0.29) is 6.61 Å². The largest absolute Gasteiger partial charge is 0.392 e. The Labute approximate surface area is 118 Å². The Morgan fingerprint density at radius 1 is 0.950 bits per heavy atom. The number of aliphatic hydroxyl groups is 1. The van der Waals surface area contributed by atoms with Crippen LogP contribution in [0, 0.1) is 0 Å². The molecule has 0 spiro atoms. The molecule has 1 aromatic heterocycles. The van der Waals surface area contributed by atoms with E-state index in [0.717, 1.165) is 12.1 Å². The first-order valence-electron chi connectivity index (χ1n) is 6.77. The van der Waals surface area contributed by atoms with Gasteiger partial charge in [-0.2, -0.15) is 0 Å². The zero-order valence-corrected chi connectivity index (χ0v) is 11.3. The van der Waals surface area contributed by atoms with Crippen molar-refractivity contribution in [1.82, 2.24) is 4.57 Å². The summed E-state index contributed by atoms with van der Waals surface area (Å²) in [4.78, 5) is 0. The van der Waals surface area contributed by atoms with Gasteiger partial charge in [0.2, 0.25) is 0 Å². The predicted octanol–water partition coefficient (Wildman–Crippen LogP) is 2.64. The molecule has 0 amide bonds. The number of aromatic nitrogens is 1. The third kappa shape index (κ3) is 2.33. The minimum absolute atomic E-state index is 0.0899. The normalized spacial score (nSPS) is 11.1. The number of nitrogens with two attached hydrogens (primary N) is 1. The van der Waals surface area contributed by atoms with Crippen LogP contribution >= 0.6 is 0 Å². The molecular weight excluding hydrogens is 248 g/mol. The van der Waals surface area contributed by atoms with Crippen LogP contribution in [-0.4, -0.2) is 9.67 Å². The first-order chi connectivity index (χ1) is 9.81. The van der Waals surface area contributed by atoms with Crippen molar-refractivity contribution in [3.63, 3.8) is 0 Å². The number of rotatable bonds is 4. The van der Waals surface area contributed by atoms with E-state index < -0.39 is 0 Å². The molecule has 0 aliphatic heterocycles. The second-order valence-corrected chi connectivity index (χ2v) is 4.97. The quantitative estimate of drug-likeness (QED) is 0.762. The fourth-order valence-electron chi connectivity index (χ4n) is 2.55. The molecule has 0 unspecified atom stereocenters. The highest BCUT2D eigenvalue weighted by Crippen LogP contribution is 2.21. The predicted molar refractivity (Wildman–Crippen MR) is 81.3 cm³/mol. The summed E-state index contributed by atoms with van der Waals surface area (Å²) in [7, 11) is 0. The third-order valence-electron chi connectivity index (χ3n) is 3.68. The molecule has 3 nitrogen and oxygen atoms in total. The van der Waals surface area contributed by atoms with Gasteiger partial charge in [-0.15, -0.1) is 0 Å². The Morgan fingerprint density at radius 2 is 1.70 bits per heavy atom. The van der Waals surface area contributed by atoms with Crippen molar-refractivity contribution in [2.75, 3.05) is 0 Å². The van der Waals surface area contributed by atoms with Gasteiger partial charge in [0.15, 0.2) is 0 Å². The van der Waals surface area contributed by atoms with Gasteiger partial charge in [-0.3, -0.25) is 0 Å². The molecule has 0 saturated heterocycles. The van der Waals surface area contributed by atoms with Gasteiger partial charge < -0.3 is 15.4 Å². The minimum atomic E-state index is 0.0899. The molecule has 102 valence electrons. The summed E-state index contributed by atoms with van der Waals surface area (Å²) in [6.45, 7) is 1.47. The molecule has 3 heteroatoms. The van der Waals surface area contributed by atoms with Crippen molar-refractivity contribution in [3.8, 4) is 0 Å². The summed E-state index contributed by atoms with van der Waals surface area (Å²) in [6.07, 6.45) is 2.10. The summed E-state index contributed by atoms with van der Waals surface area (Å²) < 4.78 is 2.22. The monoisotopic (exact) mass is 266 g/mol. The summed E-state index contributed by atoms with van der Waals surface area (Å²) in [5, 5.41) is 10.3. The fourth-order valence-corrected chi connectivity index (χ4v) is 2.55. The highest BCUT2D eigenvalue weighted by molar-refractivity contribution is 5.83. The van der Waals surface area contributed by atoms with Crippen LogP contribution in [0.15, 0.2) is 54.7 Å². The average Bonchev–Trinajstić information content (AvgIpc) is 2.91. The van der Waals surface area contributed by atoms with E-state index in [4.69, 9.17) is 10.8 Å². The number of nitrogens with zero attached hydrogens (tertiary/aromatic N) is 1. The summed E-state index contributed by atoms with van der Waals surface area (Å²) >= 11 is 0. The zero-order chi connectivity index (χ0) is 13.9. The fraction of sp³-hybridized carbons (Fsp3) is 0.176. The summed E-state index contributed by atoms with van der Waals surface area (Å²) in [5.74, 6) is 0. The maximum Gasteiger partial charge on any atom is 0.0681 e. The molecule has 0 saturated carbocycles. The molecule has 1 heterocycles. The Balaban J connectivity index is 1.94. The molecule has 0 bridgehead atoms. The lowest BCUT2D eigenvalue weighted by atomic mass is 10.1. The maximum absolute atomic E-state index is 9.07. The molecule has 3 N–H and O–H groups in total. The number of hydrogen-bond acceptors (Lipinski definition) is 2. The van der Waals surface area contributed by atoms with Gasteiger partial charge in [0.25, 0.3) is 0 Å². The van der Waals surface area contributed by atoms with Crippen LogP contribution in [0.1, 0.15) is 16.7 Å². The van der Waals surface area contributed by atoms with Crippen molar-refractivity contribution >= 4 is 10.9 Å². The lowest BCUT2D eigenvalue weighted by molar-refractivity contribution is 0.282. The molecule has 0 aliphatic carbocycles. The molecule has 0 aliphatic rings. The van der Waals surface area contributed by atoms with Gasteiger partial charge in [0.1, 0.15) is 0 Å².